The highest BCUT2D eigenvalue weighted by molar-refractivity contribution is 5.98. The molecule has 178 valence electrons. The fraction of sp³-hybridized carbons (Fsp3) is 0.0400. The number of hydrazone groups is 1. The number of nitrogen functional groups attached to an aromatic ring is 1. The van der Waals surface area contributed by atoms with E-state index in [9.17, 15) is 4.79 Å². The lowest BCUT2D eigenvalue weighted by Crippen LogP contribution is -2.19. The van der Waals surface area contributed by atoms with Crippen LogP contribution in [0.1, 0.15) is 21.6 Å². The van der Waals surface area contributed by atoms with Gasteiger partial charge in [-0.1, -0.05) is 78.0 Å². The Bertz CT molecular complexity index is 1500. The molecule has 2 heterocycles. The van der Waals surface area contributed by atoms with E-state index < -0.39 is 5.91 Å². The summed E-state index contributed by atoms with van der Waals surface area (Å²) in [4.78, 5) is 13.0. The minimum Gasteiger partial charge on any atom is -0.489 e. The van der Waals surface area contributed by atoms with Crippen LogP contribution in [-0.2, 0) is 6.61 Å². The Morgan fingerprint density at radius 1 is 1.03 bits per heavy atom. The van der Waals surface area contributed by atoms with Crippen molar-refractivity contribution in [2.45, 2.75) is 6.61 Å². The number of nitrogens with one attached hydrogen (secondary N) is 1. The smallest absolute Gasteiger partial charge is 0.294 e. The Morgan fingerprint density at radius 2 is 1.81 bits per heavy atom. The molecule has 1 amide bonds. The largest absolute Gasteiger partial charge is 0.489 e. The lowest BCUT2D eigenvalue weighted by molar-refractivity contribution is 0.0950. The zero-order chi connectivity index (χ0) is 24.7. The highest BCUT2D eigenvalue weighted by Crippen LogP contribution is 2.26. The molecule has 0 bridgehead atoms. The van der Waals surface area contributed by atoms with Gasteiger partial charge in [0, 0.05) is 5.56 Å². The van der Waals surface area contributed by atoms with Gasteiger partial charge in [-0.05, 0) is 33.6 Å². The molecule has 3 aromatic carbocycles. The van der Waals surface area contributed by atoms with Gasteiger partial charge in [-0.3, -0.25) is 4.79 Å². The molecule has 0 fully saturated rings. The third-order valence-electron chi connectivity index (χ3n) is 5.11. The van der Waals surface area contributed by atoms with Gasteiger partial charge in [0.15, 0.2) is 5.69 Å². The number of carbonyl (C=O) groups is 1. The van der Waals surface area contributed by atoms with Crippen LogP contribution in [0, 0.1) is 0 Å². The van der Waals surface area contributed by atoms with Crippen molar-refractivity contribution in [1.82, 2.24) is 30.7 Å². The van der Waals surface area contributed by atoms with Crippen molar-refractivity contribution in [3.05, 3.63) is 102 Å². The number of nitrogens with two attached hydrogens (primary N) is 1. The van der Waals surface area contributed by atoms with Crippen molar-refractivity contribution in [2.24, 2.45) is 5.10 Å². The molecule has 5 rings (SSSR count). The number of rotatable bonds is 8. The molecule has 0 atom stereocenters. The van der Waals surface area contributed by atoms with Gasteiger partial charge in [0.1, 0.15) is 18.1 Å². The van der Waals surface area contributed by atoms with Crippen molar-refractivity contribution in [2.75, 3.05) is 5.73 Å². The van der Waals surface area contributed by atoms with E-state index in [1.54, 1.807) is 12.1 Å². The van der Waals surface area contributed by atoms with Crippen molar-refractivity contribution in [1.29, 1.82) is 0 Å². The van der Waals surface area contributed by atoms with Gasteiger partial charge in [-0.15, -0.1) is 5.10 Å². The molecule has 0 spiro atoms. The van der Waals surface area contributed by atoms with Crippen molar-refractivity contribution < 1.29 is 14.2 Å². The first-order chi connectivity index (χ1) is 17.7. The molecule has 11 heteroatoms. The average molecular weight is 480 g/mol. The van der Waals surface area contributed by atoms with Gasteiger partial charge in [0.2, 0.25) is 11.6 Å². The van der Waals surface area contributed by atoms with Crippen LogP contribution in [0.4, 0.5) is 5.82 Å². The second-order valence-corrected chi connectivity index (χ2v) is 7.58. The van der Waals surface area contributed by atoms with E-state index in [0.717, 1.165) is 11.1 Å². The molecule has 2 aromatic heterocycles. The van der Waals surface area contributed by atoms with Gasteiger partial charge in [0.25, 0.3) is 5.91 Å². The van der Waals surface area contributed by atoms with Crippen LogP contribution in [0.15, 0.2) is 94.7 Å². The molecule has 0 radical (unpaired) electrons. The summed E-state index contributed by atoms with van der Waals surface area (Å²) in [5.74, 6) is 0.248. The molecule has 3 N–H and O–H groups in total. The van der Waals surface area contributed by atoms with Crippen molar-refractivity contribution in [3.63, 3.8) is 0 Å². The Morgan fingerprint density at radius 3 is 2.56 bits per heavy atom. The number of carbonyl (C=O) groups excluding carboxylic acids is 1. The first kappa shape index (κ1) is 22.5. The van der Waals surface area contributed by atoms with Crippen LogP contribution < -0.4 is 15.9 Å². The molecule has 11 nitrogen and oxygen atoms in total. The number of nitrogens with zero attached hydrogens (tertiary/aromatic N) is 6. The van der Waals surface area contributed by atoms with Crippen LogP contribution in [-0.4, -0.2) is 37.4 Å². The van der Waals surface area contributed by atoms with E-state index >= 15 is 0 Å². The molecule has 0 saturated heterocycles. The topological polar surface area (TPSA) is 146 Å². The zero-order valence-corrected chi connectivity index (χ0v) is 18.9. The van der Waals surface area contributed by atoms with Crippen molar-refractivity contribution >= 4 is 17.9 Å². The monoisotopic (exact) mass is 480 g/mol. The normalized spacial score (nSPS) is 11.0. The molecule has 0 saturated carbocycles. The molecular formula is C25H20N8O3. The molecule has 36 heavy (non-hydrogen) atoms. The summed E-state index contributed by atoms with van der Waals surface area (Å²) < 4.78 is 11.8. The van der Waals surface area contributed by atoms with Gasteiger partial charge in [0.05, 0.1) is 6.21 Å². The van der Waals surface area contributed by atoms with E-state index in [0.29, 0.717) is 23.6 Å². The van der Waals surface area contributed by atoms with Crippen LogP contribution in [0.25, 0.3) is 17.1 Å². The number of anilines is 1. The quantitative estimate of drug-likeness (QED) is 0.254. The summed E-state index contributed by atoms with van der Waals surface area (Å²) in [7, 11) is 0. The van der Waals surface area contributed by atoms with Crippen LogP contribution in [0.5, 0.6) is 5.75 Å². The average Bonchev–Trinajstić information content (AvgIpc) is 3.55. The van der Waals surface area contributed by atoms with Crippen LogP contribution >= 0.6 is 0 Å². The Labute approximate surface area is 205 Å². The standard InChI is InChI=1S/C25H20N8O3/c26-23-24(31-36-30-23)33-22(19-11-5-2-6-12-19)21(28-32-33)25(34)29-27-15-18-10-7-13-20(14-18)35-16-17-8-3-1-4-9-17/h1-15H,16H2,(H2,26,30)(H,29,34)/b27-15+. The minimum atomic E-state index is -0.567. The highest BCUT2D eigenvalue weighted by atomic mass is 16.6. The maximum Gasteiger partial charge on any atom is 0.294 e. The molecule has 0 aliphatic carbocycles. The Hall–Kier alpha value is -5.32. The number of ether oxygens (including phenoxy) is 1. The second-order valence-electron chi connectivity index (χ2n) is 7.58. The summed E-state index contributed by atoms with van der Waals surface area (Å²) in [6, 6.07) is 26.3. The number of benzene rings is 3. The maximum atomic E-state index is 13.0. The fourth-order valence-corrected chi connectivity index (χ4v) is 3.42. The molecule has 0 unspecified atom stereocenters. The molecule has 5 aromatic rings. The summed E-state index contributed by atoms with van der Waals surface area (Å²) in [6.45, 7) is 0.446. The Kier molecular flexibility index (Phi) is 6.43. The van der Waals surface area contributed by atoms with Crippen molar-refractivity contribution in [3.8, 4) is 22.8 Å². The molecular weight excluding hydrogens is 460 g/mol. The number of hydrogen-bond donors (Lipinski definition) is 2. The summed E-state index contributed by atoms with van der Waals surface area (Å²) >= 11 is 0. The van der Waals surface area contributed by atoms with E-state index in [1.807, 2.05) is 72.8 Å². The van der Waals surface area contributed by atoms with Gasteiger partial charge in [-0.2, -0.15) is 9.78 Å². The van der Waals surface area contributed by atoms with E-state index in [4.69, 9.17) is 10.5 Å². The first-order valence-corrected chi connectivity index (χ1v) is 10.9. The SMILES string of the molecule is Nc1nonc1-n1nnc(C(=O)N/N=C/c2cccc(OCc3ccccc3)c2)c1-c1ccccc1. The minimum absolute atomic E-state index is 0.0106. The Balaban J connectivity index is 1.32. The zero-order valence-electron chi connectivity index (χ0n) is 18.9. The van der Waals surface area contributed by atoms with E-state index in [-0.39, 0.29) is 17.3 Å². The van der Waals surface area contributed by atoms with E-state index in [1.165, 1.54) is 10.9 Å². The predicted octanol–water partition coefficient (Wildman–Crippen LogP) is 3.24. The van der Waals surface area contributed by atoms with Gasteiger partial charge >= 0.3 is 0 Å². The second kappa shape index (κ2) is 10.3. The van der Waals surface area contributed by atoms with E-state index in [2.05, 4.69) is 35.8 Å². The number of hydrogen-bond acceptors (Lipinski definition) is 9. The summed E-state index contributed by atoms with van der Waals surface area (Å²) in [5, 5.41) is 19.5. The highest BCUT2D eigenvalue weighted by Gasteiger charge is 2.24. The van der Waals surface area contributed by atoms with Crippen LogP contribution in [0.3, 0.4) is 0 Å². The third kappa shape index (κ3) is 4.94. The molecule has 0 aliphatic rings. The van der Waals surface area contributed by atoms with Gasteiger partial charge < -0.3 is 10.5 Å². The predicted molar refractivity (Wildman–Crippen MR) is 131 cm³/mol. The summed E-state index contributed by atoms with van der Waals surface area (Å²) in [6.07, 6.45) is 1.51. The first-order valence-electron chi connectivity index (χ1n) is 10.9. The fourth-order valence-electron chi connectivity index (χ4n) is 3.42. The molecule has 0 aliphatic heterocycles. The van der Waals surface area contributed by atoms with Gasteiger partial charge in [-0.25, -0.2) is 10.1 Å². The van der Waals surface area contributed by atoms with Crippen LogP contribution in [0.2, 0.25) is 0 Å². The number of amides is 1. The maximum absolute atomic E-state index is 13.0. The summed E-state index contributed by atoms with van der Waals surface area (Å²) in [5.41, 5.74) is 11.2. The lowest BCUT2D eigenvalue weighted by atomic mass is 10.1. The lowest BCUT2D eigenvalue weighted by Gasteiger charge is -2.07. The third-order valence-corrected chi connectivity index (χ3v) is 5.11. The number of aromatic nitrogens is 5.